The summed E-state index contributed by atoms with van der Waals surface area (Å²) in [7, 11) is 1.61. The normalized spacial score (nSPS) is 16.3. The van der Waals surface area contributed by atoms with E-state index in [0.29, 0.717) is 18.0 Å². The van der Waals surface area contributed by atoms with Crippen LogP contribution in [0, 0.1) is 5.92 Å². The largest absolute Gasteiger partial charge is 0.497 e. The number of carbonyl (C=O) groups is 2. The maximum atomic E-state index is 12.4. The standard InChI is InChI=1S/C23H28N2O4/c1-16-4-3-13-25(15-16)18-8-11-21(20(14-18)23(27)28)24-22(26)12-7-17-5-9-19(29-2)10-6-17/h5-6,8-11,14,16H,3-4,7,12-13,15H2,1-2H3,(H,24,26)(H,27,28)/t16-/m0/s1. The average molecular weight is 396 g/mol. The highest BCUT2D eigenvalue weighted by molar-refractivity contribution is 6.01. The van der Waals surface area contributed by atoms with Gasteiger partial charge in [0, 0.05) is 25.2 Å². The van der Waals surface area contributed by atoms with Gasteiger partial charge in [-0.25, -0.2) is 4.79 Å². The van der Waals surface area contributed by atoms with E-state index in [0.717, 1.165) is 36.5 Å². The molecule has 0 unspecified atom stereocenters. The van der Waals surface area contributed by atoms with Crippen LogP contribution in [0.25, 0.3) is 0 Å². The molecular formula is C23H28N2O4. The van der Waals surface area contributed by atoms with Crippen molar-refractivity contribution in [3.63, 3.8) is 0 Å². The number of aromatic carboxylic acids is 1. The molecular weight excluding hydrogens is 368 g/mol. The fourth-order valence-electron chi connectivity index (χ4n) is 3.70. The predicted octanol–water partition coefficient (Wildman–Crippen LogP) is 4.20. The predicted molar refractivity (Wildman–Crippen MR) is 114 cm³/mol. The number of amides is 1. The third-order valence-corrected chi connectivity index (χ3v) is 5.33. The quantitative estimate of drug-likeness (QED) is 0.733. The van der Waals surface area contributed by atoms with Gasteiger partial charge in [-0.3, -0.25) is 4.79 Å². The topological polar surface area (TPSA) is 78.9 Å². The first-order valence-corrected chi connectivity index (χ1v) is 10.0. The van der Waals surface area contributed by atoms with Crippen LogP contribution < -0.4 is 15.0 Å². The Morgan fingerprint density at radius 3 is 2.62 bits per heavy atom. The lowest BCUT2D eigenvalue weighted by atomic mass is 9.99. The van der Waals surface area contributed by atoms with Crippen LogP contribution in [0.3, 0.4) is 0 Å². The number of anilines is 2. The second-order valence-corrected chi connectivity index (χ2v) is 7.62. The number of benzene rings is 2. The van der Waals surface area contributed by atoms with Crippen molar-refractivity contribution in [2.45, 2.75) is 32.6 Å². The number of hydrogen-bond donors (Lipinski definition) is 2. The van der Waals surface area contributed by atoms with Crippen molar-refractivity contribution in [1.29, 1.82) is 0 Å². The molecule has 1 aliphatic heterocycles. The summed E-state index contributed by atoms with van der Waals surface area (Å²) < 4.78 is 5.13. The molecule has 0 aliphatic carbocycles. The number of rotatable bonds is 7. The van der Waals surface area contributed by atoms with Crippen molar-refractivity contribution in [2.75, 3.05) is 30.4 Å². The van der Waals surface area contributed by atoms with Gasteiger partial charge in [0.1, 0.15) is 5.75 Å². The minimum absolute atomic E-state index is 0.124. The molecule has 1 heterocycles. The van der Waals surface area contributed by atoms with Crippen LogP contribution in [0.5, 0.6) is 5.75 Å². The highest BCUT2D eigenvalue weighted by Crippen LogP contribution is 2.27. The van der Waals surface area contributed by atoms with Crippen LogP contribution in [0.15, 0.2) is 42.5 Å². The molecule has 2 aromatic rings. The number of carboxylic acids is 1. The van der Waals surface area contributed by atoms with Gasteiger partial charge in [0.2, 0.25) is 5.91 Å². The lowest BCUT2D eigenvalue weighted by molar-refractivity contribution is -0.116. The van der Waals surface area contributed by atoms with Crippen LogP contribution in [-0.2, 0) is 11.2 Å². The summed E-state index contributed by atoms with van der Waals surface area (Å²) in [6.07, 6.45) is 3.15. The van der Waals surface area contributed by atoms with Crippen LogP contribution in [0.1, 0.15) is 42.1 Å². The first kappa shape index (κ1) is 20.7. The summed E-state index contributed by atoms with van der Waals surface area (Å²) in [4.78, 5) is 26.4. The molecule has 1 fully saturated rings. The molecule has 6 nitrogen and oxygen atoms in total. The zero-order valence-electron chi connectivity index (χ0n) is 17.0. The van der Waals surface area contributed by atoms with Gasteiger partial charge >= 0.3 is 5.97 Å². The number of piperidine rings is 1. The van der Waals surface area contributed by atoms with Crippen LogP contribution in [0.2, 0.25) is 0 Å². The number of nitrogens with one attached hydrogen (secondary N) is 1. The molecule has 29 heavy (non-hydrogen) atoms. The smallest absolute Gasteiger partial charge is 0.337 e. The summed E-state index contributed by atoms with van der Waals surface area (Å²) in [6, 6.07) is 12.8. The van der Waals surface area contributed by atoms with Gasteiger partial charge in [-0.15, -0.1) is 0 Å². The van der Waals surface area contributed by atoms with Gasteiger partial charge in [-0.2, -0.15) is 0 Å². The molecule has 6 heteroatoms. The maximum Gasteiger partial charge on any atom is 0.337 e. The van der Waals surface area contributed by atoms with E-state index < -0.39 is 5.97 Å². The van der Waals surface area contributed by atoms with Crippen molar-refractivity contribution in [1.82, 2.24) is 0 Å². The monoisotopic (exact) mass is 396 g/mol. The van der Waals surface area contributed by atoms with E-state index in [2.05, 4.69) is 17.1 Å². The Labute approximate surface area is 171 Å². The minimum atomic E-state index is -1.04. The first-order chi connectivity index (χ1) is 14.0. The number of hydrogen-bond acceptors (Lipinski definition) is 4. The molecule has 0 bridgehead atoms. The second-order valence-electron chi connectivity index (χ2n) is 7.62. The van der Waals surface area contributed by atoms with E-state index in [-0.39, 0.29) is 17.9 Å². The molecule has 0 aromatic heterocycles. The molecule has 154 valence electrons. The van der Waals surface area contributed by atoms with E-state index in [4.69, 9.17) is 4.74 Å². The summed E-state index contributed by atoms with van der Waals surface area (Å²) in [5.74, 6) is 0.117. The van der Waals surface area contributed by atoms with E-state index in [9.17, 15) is 14.7 Å². The van der Waals surface area contributed by atoms with Gasteiger partial charge < -0.3 is 20.1 Å². The number of aryl methyl sites for hydroxylation is 1. The summed E-state index contributed by atoms with van der Waals surface area (Å²) in [5.41, 5.74) is 2.38. The summed E-state index contributed by atoms with van der Waals surface area (Å²) in [6.45, 7) is 4.06. The number of carboxylic acid groups (broad SMARTS) is 1. The van der Waals surface area contributed by atoms with Crippen LogP contribution in [0.4, 0.5) is 11.4 Å². The number of ether oxygens (including phenoxy) is 1. The first-order valence-electron chi connectivity index (χ1n) is 10.0. The highest BCUT2D eigenvalue weighted by atomic mass is 16.5. The van der Waals surface area contributed by atoms with Crippen molar-refractivity contribution >= 4 is 23.3 Å². The highest BCUT2D eigenvalue weighted by Gasteiger charge is 2.20. The fraction of sp³-hybridized carbons (Fsp3) is 0.391. The van der Waals surface area contributed by atoms with Gasteiger partial charge in [0.05, 0.1) is 18.4 Å². The van der Waals surface area contributed by atoms with Crippen LogP contribution >= 0.6 is 0 Å². The van der Waals surface area contributed by atoms with Crippen molar-refractivity contribution in [2.24, 2.45) is 5.92 Å². The molecule has 1 aliphatic rings. The third kappa shape index (κ3) is 5.50. The molecule has 3 rings (SSSR count). The van der Waals surface area contributed by atoms with Gasteiger partial charge in [-0.1, -0.05) is 19.1 Å². The van der Waals surface area contributed by atoms with Gasteiger partial charge in [-0.05, 0) is 61.1 Å². The van der Waals surface area contributed by atoms with Gasteiger partial charge in [0.15, 0.2) is 0 Å². The van der Waals surface area contributed by atoms with Crippen molar-refractivity contribution < 1.29 is 19.4 Å². The summed E-state index contributed by atoms with van der Waals surface area (Å²) in [5, 5.41) is 12.4. The number of nitrogens with zero attached hydrogens (tertiary/aromatic N) is 1. The lowest BCUT2D eigenvalue weighted by Gasteiger charge is -2.33. The Morgan fingerprint density at radius 1 is 1.21 bits per heavy atom. The molecule has 1 amide bonds. The Kier molecular flexibility index (Phi) is 6.75. The van der Waals surface area contributed by atoms with E-state index in [1.807, 2.05) is 30.3 Å². The Hall–Kier alpha value is -3.02. The minimum Gasteiger partial charge on any atom is -0.497 e. The van der Waals surface area contributed by atoms with E-state index in [1.54, 1.807) is 19.2 Å². The Bertz CT molecular complexity index is 864. The van der Waals surface area contributed by atoms with Crippen molar-refractivity contribution in [3.8, 4) is 5.75 Å². The van der Waals surface area contributed by atoms with Crippen molar-refractivity contribution in [3.05, 3.63) is 53.6 Å². The molecule has 1 saturated heterocycles. The molecule has 2 aromatic carbocycles. The number of methoxy groups -OCH3 is 1. The molecule has 1 atom stereocenters. The lowest BCUT2D eigenvalue weighted by Crippen LogP contribution is -2.34. The SMILES string of the molecule is COc1ccc(CCC(=O)Nc2ccc(N3CCC[C@H](C)C3)cc2C(=O)O)cc1. The Morgan fingerprint density at radius 2 is 1.97 bits per heavy atom. The van der Waals surface area contributed by atoms with E-state index in [1.165, 1.54) is 6.42 Å². The Balaban J connectivity index is 1.65. The van der Waals surface area contributed by atoms with Crippen LogP contribution in [-0.4, -0.2) is 37.2 Å². The molecule has 0 spiro atoms. The molecule has 0 radical (unpaired) electrons. The van der Waals surface area contributed by atoms with E-state index >= 15 is 0 Å². The molecule has 0 saturated carbocycles. The fourth-order valence-corrected chi connectivity index (χ4v) is 3.70. The van der Waals surface area contributed by atoms with Gasteiger partial charge in [0.25, 0.3) is 0 Å². The summed E-state index contributed by atoms with van der Waals surface area (Å²) >= 11 is 0. The third-order valence-electron chi connectivity index (χ3n) is 5.33. The zero-order chi connectivity index (χ0) is 20.8. The second kappa shape index (κ2) is 9.45. The number of carbonyl (C=O) groups excluding carboxylic acids is 1. The molecule has 2 N–H and O–H groups in total. The zero-order valence-corrected chi connectivity index (χ0v) is 17.0. The maximum absolute atomic E-state index is 12.4. The average Bonchev–Trinajstić information content (AvgIpc) is 2.72.